The van der Waals surface area contributed by atoms with Crippen molar-refractivity contribution < 1.29 is 84.5 Å². The number of phosphoric ester groups is 1. The molecule has 1 aromatic carbocycles. The quantitative estimate of drug-likeness (QED) is 0.0120. The summed E-state index contributed by atoms with van der Waals surface area (Å²) in [5.74, 6) is 2.77. The number of anilines is 1. The van der Waals surface area contributed by atoms with Crippen LogP contribution in [-0.2, 0) is 60.1 Å². The van der Waals surface area contributed by atoms with Crippen LogP contribution in [0, 0.1) is 11.8 Å². The molecule has 31 heteroatoms. The van der Waals surface area contributed by atoms with Crippen molar-refractivity contribution >= 4 is 90.3 Å². The maximum atomic E-state index is 13.7. The second-order valence-electron chi connectivity index (χ2n) is 13.6. The Kier molecular flexibility index (Phi) is 25.5. The Morgan fingerprint density at radius 2 is 1.74 bits per heavy atom. The number of nitrogens with one attached hydrogen (secondary N) is 1. The van der Waals surface area contributed by atoms with E-state index < -0.39 is 78.7 Å². The molecule has 9 N–H and O–H groups in total. The summed E-state index contributed by atoms with van der Waals surface area (Å²) in [6, 6.07) is 6.55. The number of carbonyl (C=O) groups is 3. The van der Waals surface area contributed by atoms with Crippen molar-refractivity contribution in [3.63, 3.8) is 0 Å². The molecule has 0 spiro atoms. The van der Waals surface area contributed by atoms with Gasteiger partial charge in [0, 0.05) is 35.9 Å². The van der Waals surface area contributed by atoms with E-state index >= 15 is 0 Å². The van der Waals surface area contributed by atoms with E-state index in [-0.39, 0.29) is 59.3 Å². The molecule has 1 fully saturated rings. The van der Waals surface area contributed by atoms with Gasteiger partial charge in [-0.1, -0.05) is 85.9 Å². The van der Waals surface area contributed by atoms with Crippen LogP contribution in [0.1, 0.15) is 53.2 Å². The Bertz CT molecular complexity index is 2450. The summed E-state index contributed by atoms with van der Waals surface area (Å²) in [5.41, 5.74) is 11.7. The molecule has 0 saturated carbocycles. The Labute approximate surface area is 412 Å². The van der Waals surface area contributed by atoms with E-state index in [0.717, 1.165) is 10.8 Å². The molecule has 382 valence electrons. The topological polar surface area (TPSA) is 356 Å². The normalized spacial score (nSPS) is 19.0. The van der Waals surface area contributed by atoms with E-state index in [9.17, 15) is 42.7 Å². The van der Waals surface area contributed by atoms with Crippen LogP contribution in [0.25, 0.3) is 0 Å². The predicted octanol–water partition coefficient (Wildman–Crippen LogP) is 4.15. The molecule has 7 atom stereocenters. The molecule has 1 aliphatic heterocycles. The molecular formula is C38H52N5O19P3S4. The van der Waals surface area contributed by atoms with Crippen LogP contribution >= 0.6 is 66.6 Å². The number of esters is 2. The average molecular weight is 1100 g/mol. The summed E-state index contributed by atoms with van der Waals surface area (Å²) in [7, 11) is -11.4. The van der Waals surface area contributed by atoms with Crippen LogP contribution in [-0.4, -0.2) is 123 Å². The fraction of sp³-hybridized carbons (Fsp3) is 0.447. The van der Waals surface area contributed by atoms with Crippen molar-refractivity contribution in [1.29, 1.82) is 0 Å². The Balaban J connectivity index is 1.87. The zero-order valence-electron chi connectivity index (χ0n) is 37.3. The summed E-state index contributed by atoms with van der Waals surface area (Å²) in [4.78, 5) is 94.1. The summed E-state index contributed by atoms with van der Waals surface area (Å²) in [6.07, 6.45) is 4.36. The maximum absolute atomic E-state index is 13.7. The molecule has 1 aromatic heterocycles. The highest BCUT2D eigenvalue weighted by Gasteiger charge is 2.45. The van der Waals surface area contributed by atoms with Gasteiger partial charge in [0.2, 0.25) is 5.91 Å². The minimum atomic E-state index is -5.89. The number of amides is 1. The van der Waals surface area contributed by atoms with Crippen molar-refractivity contribution in [2.75, 3.05) is 64.4 Å². The molecule has 2 aromatic rings. The lowest BCUT2D eigenvalue weighted by Crippen LogP contribution is -2.31. The Morgan fingerprint density at radius 3 is 2.41 bits per heavy atom. The molecule has 1 aliphatic rings. The first-order valence-electron chi connectivity index (χ1n) is 19.9. The van der Waals surface area contributed by atoms with E-state index in [2.05, 4.69) is 37.3 Å². The van der Waals surface area contributed by atoms with Crippen LogP contribution < -0.4 is 22.5 Å². The van der Waals surface area contributed by atoms with Crippen LogP contribution in [0.15, 0.2) is 71.3 Å². The van der Waals surface area contributed by atoms with Crippen LogP contribution in [0.5, 0.6) is 0 Å². The third-order valence-electron chi connectivity index (χ3n) is 8.70. The number of nitrogens with zero attached hydrogens (tertiary/aromatic N) is 2. The van der Waals surface area contributed by atoms with Crippen LogP contribution in [0.2, 0.25) is 0 Å². The lowest BCUT2D eigenvalue weighted by molar-refractivity contribution is -0.137. The highest BCUT2D eigenvalue weighted by atomic mass is 33.1. The van der Waals surface area contributed by atoms with Crippen molar-refractivity contribution in [2.45, 2.75) is 49.2 Å². The van der Waals surface area contributed by atoms with E-state index in [1.54, 1.807) is 18.2 Å². The second kappa shape index (κ2) is 29.3. The third-order valence-corrected chi connectivity index (χ3v) is 16.9. The number of allylic oxidation sites excluding steroid dienone is 1. The summed E-state index contributed by atoms with van der Waals surface area (Å²) in [6.45, 7) is 6.83. The zero-order valence-corrected chi connectivity index (χ0v) is 43.3. The number of nitrogens with two attached hydrogens (primary N) is 2. The van der Waals surface area contributed by atoms with Gasteiger partial charge < -0.3 is 60.0 Å². The third kappa shape index (κ3) is 20.8. The van der Waals surface area contributed by atoms with Gasteiger partial charge in [-0.25, -0.2) is 28.1 Å². The molecule has 5 unspecified atom stereocenters. The molecular weight excluding hydrogens is 1050 g/mol. The lowest BCUT2D eigenvalue weighted by Gasteiger charge is -2.22. The number of nitrogen functional groups attached to an aromatic ring is 1. The van der Waals surface area contributed by atoms with Crippen molar-refractivity contribution in [2.24, 2.45) is 5.73 Å². The zero-order chi connectivity index (χ0) is 51.4. The first-order chi connectivity index (χ1) is 32.5. The molecule has 24 nitrogen and oxygen atoms in total. The first-order valence-corrected chi connectivity index (χ1v) is 29.7. The minimum absolute atomic E-state index is 0.0555. The van der Waals surface area contributed by atoms with Crippen molar-refractivity contribution in [3.05, 3.63) is 93.7 Å². The lowest BCUT2D eigenvalue weighted by atomic mass is 10.0. The van der Waals surface area contributed by atoms with Gasteiger partial charge in [0.15, 0.2) is 6.61 Å². The number of rotatable bonds is 28. The summed E-state index contributed by atoms with van der Waals surface area (Å²) < 4.78 is 76.7. The number of benzene rings is 1. The molecule has 2 heterocycles. The smallest absolute Gasteiger partial charge is 0.456 e. The predicted molar refractivity (Wildman–Crippen MR) is 260 cm³/mol. The SMILES string of the molecule is C=C/C(=C(\C=C/NC(=O)COCCOCCN)C(=O)OCC#Cc1cn([C@H]2C[C@@H](OC(=O)c3ccccc3C(C)SSC)C(COP(=O)(O)OP(=O)(O)OP(=O)(O)O)O2)c(=O)nc1N)C(C)SSC. The highest BCUT2D eigenvalue weighted by Crippen LogP contribution is 2.66. The van der Waals surface area contributed by atoms with Crippen molar-refractivity contribution in [1.82, 2.24) is 14.9 Å². The van der Waals surface area contributed by atoms with E-state index in [0.29, 0.717) is 24.3 Å². The van der Waals surface area contributed by atoms with E-state index in [1.807, 2.05) is 26.4 Å². The van der Waals surface area contributed by atoms with Gasteiger partial charge in [0.25, 0.3) is 0 Å². The fourth-order valence-electron chi connectivity index (χ4n) is 5.85. The van der Waals surface area contributed by atoms with E-state index in [1.165, 1.54) is 67.6 Å². The van der Waals surface area contributed by atoms with Gasteiger partial charge in [-0.05, 0) is 49.6 Å². The molecule has 69 heavy (non-hydrogen) atoms. The monoisotopic (exact) mass is 1100 g/mol. The Hall–Kier alpha value is -3.26. The number of carbonyl (C=O) groups excluding carboxylic acids is 3. The standard InChI is InChI=1S/C38H52N5O19P3S4/c1-6-27(24(2)68-66-4)30(13-15-41-33(44)23-56-19-18-55-17-14-39)36(45)57-16-9-10-26-21-43(38(47)42-35(26)40)34-20-31(60-37(46)29-12-8-7-11-28(29)25(3)69-67-5)32(59-34)22-58-64(51,52)62-65(53,54)61-63(48,49)50/h6-8,11-13,15,21,24-25,31-32,34H,1,14,16-20,22-23,39H2,2-5H3,(H,41,44)(H,51,52)(H,53,54)(H2,40,42,47)(H2,48,49,50)/b15-13-,30-27-/t24?,25?,31-,32?,34-/m1/s1. The number of aromatic nitrogens is 2. The van der Waals surface area contributed by atoms with Gasteiger partial charge in [-0.15, -0.1) is 0 Å². The van der Waals surface area contributed by atoms with Crippen LogP contribution in [0.3, 0.4) is 0 Å². The minimum Gasteiger partial charge on any atom is -0.456 e. The first kappa shape index (κ1) is 60.0. The highest BCUT2D eigenvalue weighted by molar-refractivity contribution is 8.76. The number of phosphoric acid groups is 3. The van der Waals surface area contributed by atoms with E-state index in [4.69, 9.17) is 49.5 Å². The van der Waals surface area contributed by atoms with Crippen molar-refractivity contribution in [3.8, 4) is 11.8 Å². The molecule has 1 amide bonds. The fourth-order valence-corrected chi connectivity index (χ4v) is 12.4. The van der Waals surface area contributed by atoms with Gasteiger partial charge in [0.1, 0.15) is 30.9 Å². The largest absolute Gasteiger partial charge is 0.490 e. The van der Waals surface area contributed by atoms with Crippen LogP contribution in [0.4, 0.5) is 5.82 Å². The summed E-state index contributed by atoms with van der Waals surface area (Å²) in [5, 5.41) is 2.09. The molecule has 0 bridgehead atoms. The summed E-state index contributed by atoms with van der Waals surface area (Å²) >= 11 is 0. The molecule has 3 rings (SSSR count). The number of ether oxygens (including phenoxy) is 5. The number of hydrogen-bond acceptors (Lipinski definition) is 22. The Morgan fingerprint density at radius 1 is 1.04 bits per heavy atom. The average Bonchev–Trinajstić information content (AvgIpc) is 3.66. The number of hydrogen-bond donors (Lipinski definition) is 7. The molecule has 0 aliphatic carbocycles. The molecule has 0 radical (unpaired) electrons. The maximum Gasteiger partial charge on any atom is 0.490 e. The van der Waals surface area contributed by atoms with Gasteiger partial charge in [-0.2, -0.15) is 13.6 Å². The van der Waals surface area contributed by atoms with Gasteiger partial charge in [0.05, 0.1) is 43.1 Å². The van der Waals surface area contributed by atoms with Gasteiger partial charge >= 0.3 is 41.1 Å². The second-order valence-corrected chi connectivity index (χ2v) is 23.7. The molecule has 1 saturated heterocycles. The van der Waals surface area contributed by atoms with Gasteiger partial charge in [-0.3, -0.25) is 13.9 Å².